The summed E-state index contributed by atoms with van der Waals surface area (Å²) in [6.45, 7) is 1.67. The third-order valence-electron chi connectivity index (χ3n) is 6.56. The predicted octanol–water partition coefficient (Wildman–Crippen LogP) is 4.09. The van der Waals surface area contributed by atoms with Crippen LogP contribution in [-0.4, -0.2) is 44.6 Å². The van der Waals surface area contributed by atoms with Gasteiger partial charge in [0.15, 0.2) is 23.3 Å². The van der Waals surface area contributed by atoms with Gasteiger partial charge in [-0.3, -0.25) is 4.99 Å². The highest BCUT2D eigenvalue weighted by molar-refractivity contribution is 7.88. The maximum Gasteiger partial charge on any atom is 0.338 e. The molecule has 0 bridgehead atoms. The molecule has 13 heteroatoms. The summed E-state index contributed by atoms with van der Waals surface area (Å²) in [5, 5.41) is 2.48. The molecule has 1 aromatic heterocycles. The van der Waals surface area contributed by atoms with Crippen LogP contribution in [0.3, 0.4) is 0 Å². The molecule has 1 saturated carbocycles. The standard InChI is InChI=1S/C25H26ClF3N4O4S/c1-12-10-17(28)23(30-11-12)24-31-21(13-4-6-14(7-5-13)33-38(3,35)36)18(25(34)37-2)22(32-24)15-8-9-16(27)20(29)19(15)26/h8-11,13-14,22,33H,4-7H2,1-3H3,(H,31,32)/t13?,14?,22-/m1/s1. The van der Waals surface area contributed by atoms with Crippen LogP contribution in [0.2, 0.25) is 5.02 Å². The van der Waals surface area contributed by atoms with Crippen molar-refractivity contribution < 1.29 is 31.1 Å². The molecule has 0 radical (unpaired) electrons. The number of aryl methyl sites for hydroxylation is 1. The number of nitrogens with zero attached hydrogens (tertiary/aromatic N) is 2. The van der Waals surface area contributed by atoms with E-state index >= 15 is 0 Å². The lowest BCUT2D eigenvalue weighted by atomic mass is 9.80. The van der Waals surface area contributed by atoms with Crippen molar-refractivity contribution in [3.63, 3.8) is 0 Å². The number of sulfonamides is 1. The average molecular weight is 571 g/mol. The van der Waals surface area contributed by atoms with E-state index in [1.54, 1.807) is 6.92 Å². The second-order valence-corrected chi connectivity index (χ2v) is 11.5. The Balaban J connectivity index is 1.84. The fourth-order valence-corrected chi connectivity index (χ4v) is 5.93. The summed E-state index contributed by atoms with van der Waals surface area (Å²) < 4.78 is 74.3. The van der Waals surface area contributed by atoms with E-state index in [-0.39, 0.29) is 34.6 Å². The Labute approximate surface area is 223 Å². The van der Waals surface area contributed by atoms with Crippen molar-refractivity contribution in [2.24, 2.45) is 10.9 Å². The minimum absolute atomic E-state index is 0.0104. The van der Waals surface area contributed by atoms with Crippen LogP contribution in [0.25, 0.3) is 0 Å². The quantitative estimate of drug-likeness (QED) is 0.400. The number of ether oxygens (including phenoxy) is 1. The van der Waals surface area contributed by atoms with Gasteiger partial charge in [0.25, 0.3) is 0 Å². The van der Waals surface area contributed by atoms with E-state index in [0.29, 0.717) is 36.9 Å². The summed E-state index contributed by atoms with van der Waals surface area (Å²) in [4.78, 5) is 21.7. The van der Waals surface area contributed by atoms with Gasteiger partial charge in [0, 0.05) is 23.5 Å². The fourth-order valence-electron chi connectivity index (χ4n) is 4.83. The molecule has 1 fully saturated rings. The van der Waals surface area contributed by atoms with Gasteiger partial charge in [0.1, 0.15) is 11.7 Å². The number of pyridine rings is 1. The number of esters is 1. The van der Waals surface area contributed by atoms with Crippen LogP contribution in [0, 0.1) is 30.3 Å². The molecule has 1 atom stereocenters. The van der Waals surface area contributed by atoms with E-state index in [0.717, 1.165) is 12.3 Å². The van der Waals surface area contributed by atoms with Crippen molar-refractivity contribution in [3.8, 4) is 0 Å². The maximum absolute atomic E-state index is 15.0. The minimum Gasteiger partial charge on any atom is -0.466 e. The number of rotatable bonds is 6. The van der Waals surface area contributed by atoms with E-state index in [1.165, 1.54) is 25.4 Å². The van der Waals surface area contributed by atoms with Crippen molar-refractivity contribution in [1.82, 2.24) is 15.0 Å². The van der Waals surface area contributed by atoms with Crippen LogP contribution < -0.4 is 10.0 Å². The molecule has 4 rings (SSSR count). The van der Waals surface area contributed by atoms with E-state index < -0.39 is 44.5 Å². The smallest absolute Gasteiger partial charge is 0.338 e. The Bertz CT molecular complexity index is 1440. The average Bonchev–Trinajstić information content (AvgIpc) is 2.86. The zero-order valence-corrected chi connectivity index (χ0v) is 22.4. The predicted molar refractivity (Wildman–Crippen MR) is 135 cm³/mol. The first-order valence-electron chi connectivity index (χ1n) is 11.8. The molecule has 0 unspecified atom stereocenters. The Hall–Kier alpha value is -2.96. The second-order valence-electron chi connectivity index (χ2n) is 9.37. The Kier molecular flexibility index (Phi) is 8.15. The van der Waals surface area contributed by atoms with Gasteiger partial charge in [-0.25, -0.2) is 36.1 Å². The summed E-state index contributed by atoms with van der Waals surface area (Å²) in [7, 11) is -2.24. The van der Waals surface area contributed by atoms with E-state index in [2.05, 4.69) is 20.0 Å². The molecular formula is C25H26ClF3N4O4S. The molecule has 204 valence electrons. The monoisotopic (exact) mass is 570 g/mol. The van der Waals surface area contributed by atoms with Crippen LogP contribution in [0.5, 0.6) is 0 Å². The highest BCUT2D eigenvalue weighted by atomic mass is 35.5. The lowest BCUT2D eigenvalue weighted by Crippen LogP contribution is -2.41. The van der Waals surface area contributed by atoms with Crippen molar-refractivity contribution in [2.75, 3.05) is 13.4 Å². The molecule has 2 aliphatic rings. The van der Waals surface area contributed by atoms with Crippen LogP contribution in [0.1, 0.15) is 48.5 Å². The third kappa shape index (κ3) is 5.87. The van der Waals surface area contributed by atoms with Crippen molar-refractivity contribution in [1.29, 1.82) is 0 Å². The molecule has 2 heterocycles. The molecule has 8 nitrogen and oxygen atoms in total. The topological polar surface area (TPSA) is 110 Å². The van der Waals surface area contributed by atoms with Crippen LogP contribution in [-0.2, 0) is 19.6 Å². The SMILES string of the molecule is COC(=O)C1=C(C2CCC(NS(C)(=O)=O)CC2)NC(c2ncc(C)cc2F)=N[C@@H]1c1ccc(F)c(F)c1Cl. The normalized spacial score (nSPS) is 22.1. The van der Waals surface area contributed by atoms with E-state index in [9.17, 15) is 26.4 Å². The number of benzene rings is 1. The Morgan fingerprint density at radius 1 is 1.16 bits per heavy atom. The number of nitrogens with one attached hydrogen (secondary N) is 2. The maximum atomic E-state index is 15.0. The largest absolute Gasteiger partial charge is 0.466 e. The van der Waals surface area contributed by atoms with Gasteiger partial charge in [0.05, 0.1) is 24.0 Å². The number of carbonyl (C=O) groups excluding carboxylic acids is 1. The van der Waals surface area contributed by atoms with Gasteiger partial charge in [-0.2, -0.15) is 0 Å². The Morgan fingerprint density at radius 3 is 2.45 bits per heavy atom. The molecule has 2 N–H and O–H groups in total. The highest BCUT2D eigenvalue weighted by Crippen LogP contribution is 2.41. The number of amidine groups is 1. The third-order valence-corrected chi connectivity index (χ3v) is 7.70. The summed E-state index contributed by atoms with van der Waals surface area (Å²) in [6.07, 6.45) is 4.40. The van der Waals surface area contributed by atoms with Gasteiger partial charge in [-0.05, 0) is 56.2 Å². The summed E-state index contributed by atoms with van der Waals surface area (Å²) in [6, 6.07) is 1.81. The molecule has 38 heavy (non-hydrogen) atoms. The van der Waals surface area contributed by atoms with E-state index in [1.807, 2.05) is 0 Å². The summed E-state index contributed by atoms with van der Waals surface area (Å²) >= 11 is 6.17. The summed E-state index contributed by atoms with van der Waals surface area (Å²) in [5.41, 5.74) is 0.796. The molecule has 0 amide bonds. The summed E-state index contributed by atoms with van der Waals surface area (Å²) in [5.74, 6) is -4.27. The van der Waals surface area contributed by atoms with Gasteiger partial charge in [0.2, 0.25) is 10.0 Å². The molecule has 2 aromatic rings. The number of allylic oxidation sites excluding steroid dienone is 1. The first-order chi connectivity index (χ1) is 17.9. The zero-order chi connectivity index (χ0) is 27.8. The van der Waals surface area contributed by atoms with Crippen LogP contribution in [0.15, 0.2) is 40.7 Å². The Morgan fingerprint density at radius 2 is 1.84 bits per heavy atom. The minimum atomic E-state index is -3.41. The van der Waals surface area contributed by atoms with Crippen molar-refractivity contribution >= 4 is 33.4 Å². The van der Waals surface area contributed by atoms with E-state index in [4.69, 9.17) is 16.3 Å². The van der Waals surface area contributed by atoms with Gasteiger partial charge in [-0.15, -0.1) is 0 Å². The molecule has 0 saturated heterocycles. The van der Waals surface area contributed by atoms with Gasteiger partial charge >= 0.3 is 5.97 Å². The van der Waals surface area contributed by atoms with Crippen LogP contribution >= 0.6 is 11.6 Å². The molecular weight excluding hydrogens is 545 g/mol. The lowest BCUT2D eigenvalue weighted by Gasteiger charge is -2.35. The number of aromatic nitrogens is 1. The second kappa shape index (κ2) is 11.0. The number of hydrogen-bond acceptors (Lipinski definition) is 7. The number of methoxy groups -OCH3 is 1. The van der Waals surface area contributed by atoms with Crippen molar-refractivity contribution in [2.45, 2.75) is 44.7 Å². The molecule has 1 aliphatic heterocycles. The fraction of sp³-hybridized carbons (Fsp3) is 0.400. The van der Waals surface area contributed by atoms with Crippen molar-refractivity contribution in [3.05, 3.63) is 75.0 Å². The number of hydrogen-bond donors (Lipinski definition) is 2. The first kappa shape index (κ1) is 28.1. The number of halogens is 4. The van der Waals surface area contributed by atoms with Gasteiger partial charge in [-0.1, -0.05) is 17.7 Å². The number of aliphatic imine (C=N–C) groups is 1. The highest BCUT2D eigenvalue weighted by Gasteiger charge is 2.38. The van der Waals surface area contributed by atoms with Gasteiger partial charge < -0.3 is 10.1 Å². The van der Waals surface area contributed by atoms with Crippen LogP contribution in [0.4, 0.5) is 13.2 Å². The molecule has 1 aromatic carbocycles. The number of carbonyl (C=O) groups is 1. The molecule has 0 spiro atoms. The molecule has 1 aliphatic carbocycles. The zero-order valence-electron chi connectivity index (χ0n) is 20.8. The first-order valence-corrected chi connectivity index (χ1v) is 14.1. The lowest BCUT2D eigenvalue weighted by molar-refractivity contribution is -0.136.